The van der Waals surface area contributed by atoms with Crippen molar-refractivity contribution in [3.05, 3.63) is 35.1 Å². The third kappa shape index (κ3) is 3.09. The molecule has 1 aliphatic carbocycles. The molecule has 0 bridgehead atoms. The van der Waals surface area contributed by atoms with Crippen molar-refractivity contribution in [3.8, 4) is 0 Å². The van der Waals surface area contributed by atoms with Crippen LogP contribution in [0.1, 0.15) is 42.1 Å². The van der Waals surface area contributed by atoms with Gasteiger partial charge in [0.15, 0.2) is 0 Å². The van der Waals surface area contributed by atoms with Crippen LogP contribution >= 0.6 is 0 Å². The third-order valence-electron chi connectivity index (χ3n) is 3.31. The van der Waals surface area contributed by atoms with Crippen molar-refractivity contribution in [1.29, 1.82) is 0 Å². The number of nitrogens with zero attached hydrogens (tertiary/aromatic N) is 1. The Labute approximate surface area is 108 Å². The van der Waals surface area contributed by atoms with Crippen LogP contribution in [0.4, 0.5) is 4.39 Å². The Morgan fingerprint density at radius 3 is 2.72 bits per heavy atom. The number of hydrogen-bond acceptors (Lipinski definition) is 1. The molecule has 98 valence electrons. The minimum Gasteiger partial charge on any atom is -0.338 e. The second kappa shape index (κ2) is 5.51. The maximum Gasteiger partial charge on any atom is 0.256 e. The summed E-state index contributed by atoms with van der Waals surface area (Å²) in [6.45, 7) is 5.35. The number of aryl methyl sites for hydroxylation is 1. The average Bonchev–Trinajstić information content (AvgIpc) is 3.11. The molecule has 1 saturated carbocycles. The van der Waals surface area contributed by atoms with E-state index in [2.05, 4.69) is 0 Å². The quantitative estimate of drug-likeness (QED) is 0.783. The van der Waals surface area contributed by atoms with Gasteiger partial charge in [-0.05, 0) is 49.8 Å². The van der Waals surface area contributed by atoms with E-state index in [1.54, 1.807) is 17.0 Å². The molecule has 18 heavy (non-hydrogen) atoms. The molecule has 0 radical (unpaired) electrons. The van der Waals surface area contributed by atoms with Gasteiger partial charge in [0.1, 0.15) is 5.82 Å². The Morgan fingerprint density at radius 2 is 2.17 bits per heavy atom. The number of hydrogen-bond donors (Lipinski definition) is 0. The Balaban J connectivity index is 2.15. The van der Waals surface area contributed by atoms with Crippen LogP contribution in [-0.2, 0) is 0 Å². The fourth-order valence-electron chi connectivity index (χ4n) is 2.12. The Bertz CT molecular complexity index is 440. The minimum absolute atomic E-state index is 0.166. The van der Waals surface area contributed by atoms with Crippen LogP contribution in [0.2, 0.25) is 0 Å². The van der Waals surface area contributed by atoms with E-state index in [4.69, 9.17) is 0 Å². The van der Waals surface area contributed by atoms with Crippen LogP contribution in [-0.4, -0.2) is 23.9 Å². The van der Waals surface area contributed by atoms with Crippen molar-refractivity contribution < 1.29 is 9.18 Å². The summed E-state index contributed by atoms with van der Waals surface area (Å²) in [7, 11) is 0. The van der Waals surface area contributed by atoms with Gasteiger partial charge in [0.05, 0.1) is 5.56 Å². The van der Waals surface area contributed by atoms with Crippen LogP contribution in [0, 0.1) is 18.7 Å². The monoisotopic (exact) mass is 249 g/mol. The predicted molar refractivity (Wildman–Crippen MR) is 70.1 cm³/mol. The minimum atomic E-state index is -0.406. The first-order valence-electron chi connectivity index (χ1n) is 6.67. The van der Waals surface area contributed by atoms with E-state index in [1.165, 1.54) is 18.9 Å². The van der Waals surface area contributed by atoms with Gasteiger partial charge in [0, 0.05) is 13.1 Å². The molecule has 0 unspecified atom stereocenters. The van der Waals surface area contributed by atoms with Crippen molar-refractivity contribution >= 4 is 5.91 Å². The molecule has 0 spiro atoms. The molecule has 0 saturated heterocycles. The van der Waals surface area contributed by atoms with Gasteiger partial charge in [-0.15, -0.1) is 0 Å². The summed E-state index contributed by atoms with van der Waals surface area (Å²) < 4.78 is 13.8. The zero-order chi connectivity index (χ0) is 13.1. The second-order valence-corrected chi connectivity index (χ2v) is 5.18. The van der Waals surface area contributed by atoms with Gasteiger partial charge < -0.3 is 4.90 Å². The lowest BCUT2D eigenvalue weighted by Gasteiger charge is -2.22. The summed E-state index contributed by atoms with van der Waals surface area (Å²) in [6.07, 6.45) is 3.31. The second-order valence-electron chi connectivity index (χ2n) is 5.18. The molecule has 0 N–H and O–H groups in total. The first-order chi connectivity index (χ1) is 8.61. The zero-order valence-corrected chi connectivity index (χ0v) is 11.1. The molecule has 1 aliphatic rings. The molecule has 0 atom stereocenters. The van der Waals surface area contributed by atoms with E-state index in [0.717, 1.165) is 18.5 Å². The largest absolute Gasteiger partial charge is 0.338 e. The molecular weight excluding hydrogens is 229 g/mol. The standard InChI is InChI=1S/C15H20FNO/c1-3-8-17(10-12-5-6-12)15(18)13-7-4-11(2)9-14(13)16/h4,7,9,12H,3,5-6,8,10H2,1-2H3. The van der Waals surface area contributed by atoms with Gasteiger partial charge in [-0.1, -0.05) is 13.0 Å². The van der Waals surface area contributed by atoms with Crippen molar-refractivity contribution in [2.45, 2.75) is 33.1 Å². The Kier molecular flexibility index (Phi) is 4.00. The molecule has 1 fully saturated rings. The molecule has 2 rings (SSSR count). The van der Waals surface area contributed by atoms with Crippen LogP contribution < -0.4 is 0 Å². The maximum atomic E-state index is 13.8. The van der Waals surface area contributed by atoms with Gasteiger partial charge in [0.25, 0.3) is 5.91 Å². The van der Waals surface area contributed by atoms with Crippen molar-refractivity contribution in [2.75, 3.05) is 13.1 Å². The predicted octanol–water partition coefficient (Wildman–Crippen LogP) is 3.40. The highest BCUT2D eigenvalue weighted by atomic mass is 19.1. The molecular formula is C15H20FNO. The fourth-order valence-corrected chi connectivity index (χ4v) is 2.12. The van der Waals surface area contributed by atoms with Gasteiger partial charge in [-0.25, -0.2) is 4.39 Å². The molecule has 1 amide bonds. The lowest BCUT2D eigenvalue weighted by molar-refractivity contribution is 0.0743. The molecule has 2 nitrogen and oxygen atoms in total. The molecule has 0 aliphatic heterocycles. The molecule has 1 aromatic carbocycles. The highest BCUT2D eigenvalue weighted by Crippen LogP contribution is 2.30. The summed E-state index contributed by atoms with van der Waals surface area (Å²) in [5.74, 6) is 0.0622. The normalized spacial score (nSPS) is 14.6. The molecule has 0 heterocycles. The van der Waals surface area contributed by atoms with Crippen molar-refractivity contribution in [2.24, 2.45) is 5.92 Å². The lowest BCUT2D eigenvalue weighted by atomic mass is 10.1. The van der Waals surface area contributed by atoms with Gasteiger partial charge >= 0.3 is 0 Å². The van der Waals surface area contributed by atoms with Crippen molar-refractivity contribution in [3.63, 3.8) is 0 Å². The van der Waals surface area contributed by atoms with E-state index < -0.39 is 5.82 Å². The number of amides is 1. The van der Waals surface area contributed by atoms with E-state index in [-0.39, 0.29) is 11.5 Å². The van der Waals surface area contributed by atoms with Crippen LogP contribution in [0.3, 0.4) is 0 Å². The van der Waals surface area contributed by atoms with Crippen LogP contribution in [0.5, 0.6) is 0 Å². The topological polar surface area (TPSA) is 20.3 Å². The van der Waals surface area contributed by atoms with Crippen molar-refractivity contribution in [1.82, 2.24) is 4.90 Å². The summed E-state index contributed by atoms with van der Waals surface area (Å²) >= 11 is 0. The summed E-state index contributed by atoms with van der Waals surface area (Å²) in [6, 6.07) is 4.81. The van der Waals surface area contributed by atoms with Crippen LogP contribution in [0.15, 0.2) is 18.2 Å². The highest BCUT2D eigenvalue weighted by molar-refractivity contribution is 5.94. The fraction of sp³-hybridized carbons (Fsp3) is 0.533. The third-order valence-corrected chi connectivity index (χ3v) is 3.31. The average molecular weight is 249 g/mol. The van der Waals surface area contributed by atoms with Crippen LogP contribution in [0.25, 0.3) is 0 Å². The number of rotatable bonds is 5. The van der Waals surface area contributed by atoms with E-state index in [0.29, 0.717) is 12.5 Å². The number of halogens is 1. The van der Waals surface area contributed by atoms with Gasteiger partial charge in [0.2, 0.25) is 0 Å². The van der Waals surface area contributed by atoms with E-state index in [9.17, 15) is 9.18 Å². The maximum absolute atomic E-state index is 13.8. The van der Waals surface area contributed by atoms with E-state index in [1.807, 2.05) is 13.8 Å². The molecule has 3 heteroatoms. The summed E-state index contributed by atoms with van der Waals surface area (Å²) in [5.41, 5.74) is 1.04. The number of benzene rings is 1. The van der Waals surface area contributed by atoms with E-state index >= 15 is 0 Å². The van der Waals surface area contributed by atoms with Gasteiger partial charge in [-0.2, -0.15) is 0 Å². The first-order valence-corrected chi connectivity index (χ1v) is 6.67. The Hall–Kier alpha value is -1.38. The number of carbonyl (C=O) groups excluding carboxylic acids is 1. The Morgan fingerprint density at radius 1 is 1.44 bits per heavy atom. The van der Waals surface area contributed by atoms with Gasteiger partial charge in [-0.3, -0.25) is 4.79 Å². The lowest BCUT2D eigenvalue weighted by Crippen LogP contribution is -2.34. The summed E-state index contributed by atoms with van der Waals surface area (Å²) in [4.78, 5) is 14.1. The number of carbonyl (C=O) groups is 1. The smallest absolute Gasteiger partial charge is 0.256 e. The first kappa shape index (κ1) is 13.1. The SMILES string of the molecule is CCCN(CC1CC1)C(=O)c1ccc(C)cc1F. The summed E-state index contributed by atoms with van der Waals surface area (Å²) in [5, 5.41) is 0. The highest BCUT2D eigenvalue weighted by Gasteiger charge is 2.27. The zero-order valence-electron chi connectivity index (χ0n) is 11.1. The molecule has 0 aromatic heterocycles. The molecule has 1 aromatic rings.